The molecule has 1 aromatic heterocycles. The fraction of sp³-hybridized carbons (Fsp3) is 0.211. The van der Waals surface area contributed by atoms with E-state index in [0.717, 1.165) is 33.8 Å². The number of fused-ring (bicyclic) bond motifs is 1. The van der Waals surface area contributed by atoms with Gasteiger partial charge in [-0.25, -0.2) is 8.42 Å². The minimum absolute atomic E-state index is 0.210. The fourth-order valence-corrected chi connectivity index (χ4v) is 3.59. The Morgan fingerprint density at radius 3 is 2.62 bits per heavy atom. The summed E-state index contributed by atoms with van der Waals surface area (Å²) >= 11 is 0. The third-order valence-electron chi connectivity index (χ3n) is 4.10. The Kier molecular flexibility index (Phi) is 4.73. The second-order valence-corrected chi connectivity index (χ2v) is 8.27. The van der Waals surface area contributed by atoms with Gasteiger partial charge in [-0.1, -0.05) is 29.4 Å². The van der Waals surface area contributed by atoms with Gasteiger partial charge in [0.05, 0.1) is 23.7 Å². The SMILES string of the molecule is CC(C)n1cc(-c2cccc(C=NO)c2)c2ccc(NS(C)(=O)=O)cc21. The zero-order valence-corrected chi connectivity index (χ0v) is 15.7. The maximum absolute atomic E-state index is 11.5. The summed E-state index contributed by atoms with van der Waals surface area (Å²) < 4.78 is 27.7. The lowest BCUT2D eigenvalue weighted by molar-refractivity contribution is 0.322. The van der Waals surface area contributed by atoms with E-state index in [1.165, 1.54) is 6.21 Å². The van der Waals surface area contributed by atoms with Crippen molar-refractivity contribution in [2.45, 2.75) is 19.9 Å². The predicted octanol–water partition coefficient (Wildman–Crippen LogP) is 4.07. The Labute approximate surface area is 152 Å². The van der Waals surface area contributed by atoms with Crippen LogP contribution in [0.3, 0.4) is 0 Å². The summed E-state index contributed by atoms with van der Waals surface area (Å²) in [4.78, 5) is 0. The van der Waals surface area contributed by atoms with Crippen molar-refractivity contribution in [3.63, 3.8) is 0 Å². The van der Waals surface area contributed by atoms with Gasteiger partial charge < -0.3 is 9.77 Å². The Morgan fingerprint density at radius 1 is 1.19 bits per heavy atom. The Bertz CT molecular complexity index is 1080. The van der Waals surface area contributed by atoms with Gasteiger partial charge in [0.15, 0.2) is 0 Å². The Hall–Kier alpha value is -2.80. The lowest BCUT2D eigenvalue weighted by Gasteiger charge is -2.10. The van der Waals surface area contributed by atoms with E-state index >= 15 is 0 Å². The summed E-state index contributed by atoms with van der Waals surface area (Å²) in [6.45, 7) is 4.16. The van der Waals surface area contributed by atoms with Crippen LogP contribution in [0.25, 0.3) is 22.0 Å². The van der Waals surface area contributed by atoms with Crippen LogP contribution in [-0.2, 0) is 10.0 Å². The molecule has 26 heavy (non-hydrogen) atoms. The van der Waals surface area contributed by atoms with Crippen molar-refractivity contribution in [3.05, 3.63) is 54.2 Å². The summed E-state index contributed by atoms with van der Waals surface area (Å²) in [7, 11) is -3.33. The van der Waals surface area contributed by atoms with E-state index in [-0.39, 0.29) is 6.04 Å². The van der Waals surface area contributed by atoms with Gasteiger partial charge >= 0.3 is 0 Å². The molecular weight excluding hydrogens is 350 g/mol. The number of sulfonamides is 1. The first-order valence-electron chi connectivity index (χ1n) is 8.19. The molecule has 0 radical (unpaired) electrons. The summed E-state index contributed by atoms with van der Waals surface area (Å²) in [5, 5.41) is 12.9. The van der Waals surface area contributed by atoms with Gasteiger partial charge in [-0.15, -0.1) is 0 Å². The van der Waals surface area contributed by atoms with Crippen molar-refractivity contribution in [3.8, 4) is 11.1 Å². The van der Waals surface area contributed by atoms with Crippen LogP contribution in [0.2, 0.25) is 0 Å². The number of benzene rings is 2. The molecular formula is C19H21N3O3S. The summed E-state index contributed by atoms with van der Waals surface area (Å²) in [5.41, 5.74) is 4.31. The smallest absolute Gasteiger partial charge is 0.229 e. The zero-order chi connectivity index (χ0) is 18.9. The molecule has 0 aliphatic rings. The van der Waals surface area contributed by atoms with Crippen LogP contribution in [0, 0.1) is 0 Å². The summed E-state index contributed by atoms with van der Waals surface area (Å²) in [6.07, 6.45) is 4.59. The van der Waals surface area contributed by atoms with Crippen molar-refractivity contribution in [2.75, 3.05) is 11.0 Å². The van der Waals surface area contributed by atoms with Gasteiger partial charge in [0.2, 0.25) is 10.0 Å². The quantitative estimate of drug-likeness (QED) is 0.403. The molecule has 3 rings (SSSR count). The van der Waals surface area contributed by atoms with Crippen LogP contribution in [0.1, 0.15) is 25.5 Å². The molecule has 0 aliphatic heterocycles. The van der Waals surface area contributed by atoms with E-state index in [0.29, 0.717) is 5.69 Å². The maximum Gasteiger partial charge on any atom is 0.229 e. The van der Waals surface area contributed by atoms with Crippen LogP contribution in [0.4, 0.5) is 5.69 Å². The van der Waals surface area contributed by atoms with Gasteiger partial charge in [0.25, 0.3) is 0 Å². The number of hydrogen-bond acceptors (Lipinski definition) is 4. The minimum atomic E-state index is -3.33. The average molecular weight is 371 g/mol. The molecule has 0 unspecified atom stereocenters. The van der Waals surface area contributed by atoms with Crippen LogP contribution in [-0.4, -0.2) is 30.7 Å². The maximum atomic E-state index is 11.5. The Balaban J connectivity index is 2.19. The van der Waals surface area contributed by atoms with Crippen LogP contribution < -0.4 is 4.72 Å². The van der Waals surface area contributed by atoms with Crippen LogP contribution >= 0.6 is 0 Å². The van der Waals surface area contributed by atoms with Crippen molar-refractivity contribution in [1.82, 2.24) is 4.57 Å². The van der Waals surface area contributed by atoms with Crippen molar-refractivity contribution < 1.29 is 13.6 Å². The van der Waals surface area contributed by atoms with E-state index in [2.05, 4.69) is 34.5 Å². The topological polar surface area (TPSA) is 83.7 Å². The van der Waals surface area contributed by atoms with Gasteiger partial charge in [-0.2, -0.15) is 0 Å². The molecule has 1 heterocycles. The highest BCUT2D eigenvalue weighted by molar-refractivity contribution is 7.92. The third kappa shape index (κ3) is 3.72. The zero-order valence-electron chi connectivity index (χ0n) is 14.8. The molecule has 2 aromatic carbocycles. The molecule has 6 nitrogen and oxygen atoms in total. The predicted molar refractivity (Wildman–Crippen MR) is 106 cm³/mol. The van der Waals surface area contributed by atoms with E-state index in [1.54, 1.807) is 6.07 Å². The molecule has 0 spiro atoms. The standard InChI is InChI=1S/C19H21N3O3S/c1-13(2)22-12-18(15-6-4-5-14(9-15)11-20-23)17-8-7-16(10-19(17)22)21-26(3,24)25/h4-13,21,23H,1-3H3. The first kappa shape index (κ1) is 18.0. The molecule has 0 bridgehead atoms. The first-order valence-corrected chi connectivity index (χ1v) is 10.1. The van der Waals surface area contributed by atoms with E-state index in [1.807, 2.05) is 36.4 Å². The first-order chi connectivity index (χ1) is 12.3. The molecule has 3 aromatic rings. The molecule has 2 N–H and O–H groups in total. The molecule has 0 amide bonds. The molecule has 0 saturated heterocycles. The van der Waals surface area contributed by atoms with Crippen LogP contribution in [0.15, 0.2) is 53.8 Å². The number of anilines is 1. The van der Waals surface area contributed by atoms with E-state index in [9.17, 15) is 8.42 Å². The number of rotatable bonds is 5. The fourth-order valence-electron chi connectivity index (χ4n) is 3.04. The average Bonchev–Trinajstić information content (AvgIpc) is 2.93. The van der Waals surface area contributed by atoms with Gasteiger partial charge in [-0.05, 0) is 43.2 Å². The molecule has 0 atom stereocenters. The minimum Gasteiger partial charge on any atom is -0.411 e. The number of oxime groups is 1. The van der Waals surface area contributed by atoms with E-state index in [4.69, 9.17) is 5.21 Å². The van der Waals surface area contributed by atoms with Gasteiger partial charge in [0.1, 0.15) is 0 Å². The molecule has 0 saturated carbocycles. The van der Waals surface area contributed by atoms with E-state index < -0.39 is 10.0 Å². The molecule has 136 valence electrons. The second kappa shape index (κ2) is 6.84. The van der Waals surface area contributed by atoms with Crippen molar-refractivity contribution in [1.29, 1.82) is 0 Å². The summed E-state index contributed by atoms with van der Waals surface area (Å²) in [5.74, 6) is 0. The highest BCUT2D eigenvalue weighted by atomic mass is 32.2. The number of aromatic nitrogens is 1. The highest BCUT2D eigenvalue weighted by Gasteiger charge is 2.14. The molecule has 0 fully saturated rings. The number of nitrogens with zero attached hydrogens (tertiary/aromatic N) is 2. The molecule has 7 heteroatoms. The number of nitrogens with one attached hydrogen (secondary N) is 1. The van der Waals surface area contributed by atoms with Crippen LogP contribution in [0.5, 0.6) is 0 Å². The Morgan fingerprint density at radius 2 is 1.96 bits per heavy atom. The van der Waals surface area contributed by atoms with Crippen molar-refractivity contribution >= 4 is 32.8 Å². The molecule has 0 aliphatic carbocycles. The van der Waals surface area contributed by atoms with Crippen molar-refractivity contribution in [2.24, 2.45) is 5.16 Å². The lowest BCUT2D eigenvalue weighted by atomic mass is 10.0. The van der Waals surface area contributed by atoms with Gasteiger partial charge in [-0.3, -0.25) is 4.72 Å². The largest absolute Gasteiger partial charge is 0.411 e. The normalized spacial score (nSPS) is 12.3. The highest BCUT2D eigenvalue weighted by Crippen LogP contribution is 2.34. The number of hydrogen-bond donors (Lipinski definition) is 2. The second-order valence-electron chi connectivity index (χ2n) is 6.52. The van der Waals surface area contributed by atoms with Gasteiger partial charge in [0, 0.05) is 23.2 Å². The lowest BCUT2D eigenvalue weighted by Crippen LogP contribution is -2.09. The monoisotopic (exact) mass is 371 g/mol. The third-order valence-corrected chi connectivity index (χ3v) is 4.70. The summed E-state index contributed by atoms with van der Waals surface area (Å²) in [6, 6.07) is 13.4.